The average molecular weight is 268 g/mol. The molecule has 2 rings (SSSR count). The summed E-state index contributed by atoms with van der Waals surface area (Å²) in [6, 6.07) is 13.1. The number of aryl methyl sites for hydroxylation is 2. The van der Waals surface area contributed by atoms with E-state index < -0.39 is 0 Å². The summed E-state index contributed by atoms with van der Waals surface area (Å²) in [5, 5.41) is 7.81. The van der Waals surface area contributed by atoms with E-state index in [0.29, 0.717) is 5.56 Å². The van der Waals surface area contributed by atoms with Gasteiger partial charge in [-0.25, -0.2) is 4.39 Å². The summed E-state index contributed by atoms with van der Waals surface area (Å²) in [7, 11) is 0. The number of halogens is 1. The molecule has 0 aliphatic heterocycles. The average Bonchev–Trinajstić information content (AvgIpc) is 2.46. The molecule has 0 atom stereocenters. The van der Waals surface area contributed by atoms with E-state index in [1.54, 1.807) is 12.3 Å². The van der Waals surface area contributed by atoms with Gasteiger partial charge in [-0.05, 0) is 36.1 Å². The maximum atomic E-state index is 13.5. The topological polar surface area (TPSA) is 24.7 Å². The summed E-state index contributed by atoms with van der Waals surface area (Å²) in [5.74, 6) is -0.281. The van der Waals surface area contributed by atoms with Gasteiger partial charge in [0.25, 0.3) is 0 Å². The zero-order valence-corrected chi connectivity index (χ0v) is 11.7. The molecule has 102 valence electrons. The molecule has 0 aromatic heterocycles. The Morgan fingerprint density at radius 2 is 1.70 bits per heavy atom. The first-order valence-corrected chi connectivity index (χ1v) is 6.60. The molecule has 0 radical (unpaired) electrons. The van der Waals surface area contributed by atoms with Crippen LogP contribution in [0.3, 0.4) is 0 Å². The second-order valence-corrected chi connectivity index (χ2v) is 4.61. The summed E-state index contributed by atoms with van der Waals surface area (Å²) in [5.41, 5.74) is 3.59. The Morgan fingerprint density at radius 1 is 1.00 bits per heavy atom. The smallest absolute Gasteiger partial charge is 0.132 e. The summed E-state index contributed by atoms with van der Waals surface area (Å²) >= 11 is 0. The van der Waals surface area contributed by atoms with Crippen LogP contribution in [0.4, 0.5) is 4.39 Å². The van der Waals surface area contributed by atoms with Crippen molar-refractivity contribution in [2.75, 3.05) is 0 Å². The van der Waals surface area contributed by atoms with Crippen molar-refractivity contribution in [3.8, 4) is 0 Å². The summed E-state index contributed by atoms with van der Waals surface area (Å²) in [6.45, 7) is 3.96. The van der Waals surface area contributed by atoms with E-state index in [2.05, 4.69) is 29.3 Å². The van der Waals surface area contributed by atoms with E-state index in [9.17, 15) is 4.39 Å². The van der Waals surface area contributed by atoms with Gasteiger partial charge in [0.2, 0.25) is 0 Å². The van der Waals surface area contributed by atoms with Crippen molar-refractivity contribution in [1.29, 1.82) is 0 Å². The predicted octanol–water partition coefficient (Wildman–Crippen LogP) is 4.15. The van der Waals surface area contributed by atoms with E-state index in [-0.39, 0.29) is 5.82 Å². The Morgan fingerprint density at radius 3 is 2.35 bits per heavy atom. The summed E-state index contributed by atoms with van der Waals surface area (Å²) < 4.78 is 13.5. The van der Waals surface area contributed by atoms with Gasteiger partial charge in [0, 0.05) is 5.56 Å². The highest BCUT2D eigenvalue weighted by molar-refractivity contribution is 5.82. The van der Waals surface area contributed by atoms with Crippen molar-refractivity contribution in [1.82, 2.24) is 0 Å². The molecule has 0 heterocycles. The van der Waals surface area contributed by atoms with E-state index in [0.717, 1.165) is 17.5 Å². The molecule has 2 nitrogen and oxygen atoms in total. The molecule has 0 fully saturated rings. The third-order valence-corrected chi connectivity index (χ3v) is 3.01. The fraction of sp³-hybridized carbons (Fsp3) is 0.176. The van der Waals surface area contributed by atoms with Gasteiger partial charge in [0.15, 0.2) is 0 Å². The number of hydrogen-bond acceptors (Lipinski definition) is 2. The van der Waals surface area contributed by atoms with Gasteiger partial charge in [-0.3, -0.25) is 0 Å². The molecule has 3 heteroatoms. The second kappa shape index (κ2) is 6.75. The Kier molecular flexibility index (Phi) is 4.77. The minimum atomic E-state index is -0.281. The van der Waals surface area contributed by atoms with Crippen molar-refractivity contribution in [3.63, 3.8) is 0 Å². The monoisotopic (exact) mass is 268 g/mol. The SMILES string of the molecule is CCc1ccc(C=NN=Cc2ccc(C)cc2F)cc1. The first-order chi connectivity index (χ1) is 9.69. The highest BCUT2D eigenvalue weighted by atomic mass is 19.1. The highest BCUT2D eigenvalue weighted by Crippen LogP contribution is 2.07. The maximum Gasteiger partial charge on any atom is 0.132 e. The van der Waals surface area contributed by atoms with Gasteiger partial charge in [0.05, 0.1) is 12.4 Å². The second-order valence-electron chi connectivity index (χ2n) is 4.61. The molecule has 0 aliphatic carbocycles. The molecule has 0 spiro atoms. The summed E-state index contributed by atoms with van der Waals surface area (Å²) in [6.07, 6.45) is 4.09. The molecular weight excluding hydrogens is 251 g/mol. The van der Waals surface area contributed by atoms with Crippen LogP contribution in [0.5, 0.6) is 0 Å². The molecule has 0 bridgehead atoms. The van der Waals surface area contributed by atoms with E-state index >= 15 is 0 Å². The van der Waals surface area contributed by atoms with Gasteiger partial charge >= 0.3 is 0 Å². The first kappa shape index (κ1) is 14.1. The van der Waals surface area contributed by atoms with E-state index in [1.807, 2.05) is 25.1 Å². The van der Waals surface area contributed by atoms with Crippen LogP contribution in [0.15, 0.2) is 52.7 Å². The standard InChI is InChI=1S/C17H17FN2/c1-3-14-5-7-15(8-6-14)11-19-20-12-16-9-4-13(2)10-17(16)18/h4-12H,3H2,1-2H3. The lowest BCUT2D eigenvalue weighted by Crippen LogP contribution is -1.88. The van der Waals surface area contributed by atoms with Crippen LogP contribution < -0.4 is 0 Å². The van der Waals surface area contributed by atoms with Crippen molar-refractivity contribution in [2.24, 2.45) is 10.2 Å². The number of benzene rings is 2. The van der Waals surface area contributed by atoms with Crippen LogP contribution in [0, 0.1) is 12.7 Å². The predicted molar refractivity (Wildman–Crippen MR) is 82.1 cm³/mol. The summed E-state index contributed by atoms with van der Waals surface area (Å²) in [4.78, 5) is 0. The molecule has 2 aromatic carbocycles. The van der Waals surface area contributed by atoms with Crippen LogP contribution in [0.25, 0.3) is 0 Å². The number of nitrogens with zero attached hydrogens (tertiary/aromatic N) is 2. The molecule has 0 unspecified atom stereocenters. The molecule has 0 amide bonds. The Hall–Kier alpha value is -2.29. The van der Waals surface area contributed by atoms with E-state index in [4.69, 9.17) is 0 Å². The maximum absolute atomic E-state index is 13.5. The largest absolute Gasteiger partial charge is 0.206 e. The van der Waals surface area contributed by atoms with Gasteiger partial charge in [-0.15, -0.1) is 0 Å². The zero-order chi connectivity index (χ0) is 14.4. The zero-order valence-electron chi connectivity index (χ0n) is 11.7. The van der Waals surface area contributed by atoms with Crippen LogP contribution in [0.1, 0.15) is 29.2 Å². The fourth-order valence-electron chi connectivity index (χ4n) is 1.77. The van der Waals surface area contributed by atoms with Gasteiger partial charge in [-0.2, -0.15) is 10.2 Å². The Labute approximate surface area is 118 Å². The van der Waals surface area contributed by atoms with Gasteiger partial charge in [0.1, 0.15) is 5.82 Å². The molecule has 0 N–H and O–H groups in total. The Bertz CT molecular complexity index is 628. The molecule has 0 saturated heterocycles. The molecule has 20 heavy (non-hydrogen) atoms. The minimum Gasteiger partial charge on any atom is -0.206 e. The van der Waals surface area contributed by atoms with Gasteiger partial charge < -0.3 is 0 Å². The number of rotatable bonds is 4. The van der Waals surface area contributed by atoms with Gasteiger partial charge in [-0.1, -0.05) is 43.3 Å². The third kappa shape index (κ3) is 3.85. The van der Waals surface area contributed by atoms with E-state index in [1.165, 1.54) is 17.8 Å². The van der Waals surface area contributed by atoms with Crippen LogP contribution >= 0.6 is 0 Å². The normalized spacial score (nSPS) is 11.6. The highest BCUT2D eigenvalue weighted by Gasteiger charge is 1.98. The van der Waals surface area contributed by atoms with Crippen LogP contribution in [0.2, 0.25) is 0 Å². The lowest BCUT2D eigenvalue weighted by atomic mass is 10.1. The Balaban J connectivity index is 2.03. The molecule has 2 aromatic rings. The minimum absolute atomic E-state index is 0.281. The molecule has 0 aliphatic rings. The number of hydrogen-bond donors (Lipinski definition) is 0. The lowest BCUT2D eigenvalue weighted by molar-refractivity contribution is 0.624. The van der Waals surface area contributed by atoms with Crippen molar-refractivity contribution in [2.45, 2.75) is 20.3 Å². The third-order valence-electron chi connectivity index (χ3n) is 3.01. The quantitative estimate of drug-likeness (QED) is 0.588. The van der Waals surface area contributed by atoms with Crippen LogP contribution in [-0.4, -0.2) is 12.4 Å². The van der Waals surface area contributed by atoms with Crippen molar-refractivity contribution >= 4 is 12.4 Å². The van der Waals surface area contributed by atoms with Crippen molar-refractivity contribution < 1.29 is 4.39 Å². The first-order valence-electron chi connectivity index (χ1n) is 6.60. The molecule has 0 saturated carbocycles. The van der Waals surface area contributed by atoms with Crippen molar-refractivity contribution in [3.05, 3.63) is 70.5 Å². The lowest BCUT2D eigenvalue weighted by Gasteiger charge is -1.97. The fourth-order valence-corrected chi connectivity index (χ4v) is 1.77. The van der Waals surface area contributed by atoms with Crippen LogP contribution in [-0.2, 0) is 6.42 Å². The molecular formula is C17H17FN2.